The number of carbonyl (C=O) groups excluding carboxylic acids is 1. The minimum absolute atomic E-state index is 0.00395. The van der Waals surface area contributed by atoms with Crippen LogP contribution in [0.15, 0.2) is 48.7 Å². The highest BCUT2D eigenvalue weighted by atomic mass is 16.5. The van der Waals surface area contributed by atoms with E-state index < -0.39 is 0 Å². The molecule has 2 aromatic rings. The molecule has 2 bridgehead atoms. The summed E-state index contributed by atoms with van der Waals surface area (Å²) in [4.78, 5) is 19.1. The molecular formula is C20H19N3O2. The number of likely N-dealkylation sites (tertiary alicyclic amines) is 1. The predicted octanol–water partition coefficient (Wildman–Crippen LogP) is 2.77. The van der Waals surface area contributed by atoms with Crippen molar-refractivity contribution >= 4 is 5.91 Å². The molecule has 1 saturated heterocycles. The molecule has 2 heterocycles. The van der Waals surface area contributed by atoms with Gasteiger partial charge in [-0.05, 0) is 43.2 Å². The van der Waals surface area contributed by atoms with E-state index in [4.69, 9.17) is 10.00 Å². The van der Waals surface area contributed by atoms with E-state index in [2.05, 4.69) is 11.1 Å². The van der Waals surface area contributed by atoms with E-state index >= 15 is 0 Å². The van der Waals surface area contributed by atoms with Gasteiger partial charge in [-0.2, -0.15) is 5.26 Å². The number of amides is 1. The van der Waals surface area contributed by atoms with Crippen molar-refractivity contribution in [3.05, 3.63) is 65.5 Å². The molecule has 126 valence electrons. The van der Waals surface area contributed by atoms with Crippen molar-refractivity contribution in [2.24, 2.45) is 5.92 Å². The molecule has 1 aliphatic heterocycles. The lowest BCUT2D eigenvalue weighted by Crippen LogP contribution is -2.40. The van der Waals surface area contributed by atoms with Gasteiger partial charge >= 0.3 is 0 Å². The zero-order chi connectivity index (χ0) is 17.2. The fraction of sp³-hybridized carbons (Fsp3) is 0.350. The number of carbonyl (C=O) groups is 1. The van der Waals surface area contributed by atoms with Crippen molar-refractivity contribution < 1.29 is 9.53 Å². The summed E-state index contributed by atoms with van der Waals surface area (Å²) < 4.78 is 6.13. The van der Waals surface area contributed by atoms with Crippen LogP contribution in [-0.2, 0) is 11.3 Å². The minimum atomic E-state index is -0.00395. The van der Waals surface area contributed by atoms with Crippen LogP contribution in [0.25, 0.3) is 0 Å². The fourth-order valence-electron chi connectivity index (χ4n) is 3.98. The predicted molar refractivity (Wildman–Crippen MR) is 91.5 cm³/mol. The minimum Gasteiger partial charge on any atom is -0.369 e. The van der Waals surface area contributed by atoms with Crippen LogP contribution >= 0.6 is 0 Å². The topological polar surface area (TPSA) is 66.2 Å². The van der Waals surface area contributed by atoms with Crippen LogP contribution in [0.5, 0.6) is 0 Å². The molecule has 1 aromatic carbocycles. The van der Waals surface area contributed by atoms with Crippen molar-refractivity contribution in [3.63, 3.8) is 0 Å². The number of hydrogen-bond acceptors (Lipinski definition) is 4. The van der Waals surface area contributed by atoms with E-state index in [0.29, 0.717) is 23.7 Å². The third-order valence-corrected chi connectivity index (χ3v) is 5.16. The number of ether oxygens (including phenoxy) is 1. The number of nitriles is 1. The number of aromatic nitrogens is 1. The number of pyridine rings is 1. The van der Waals surface area contributed by atoms with Crippen LogP contribution in [0.2, 0.25) is 0 Å². The summed E-state index contributed by atoms with van der Waals surface area (Å²) in [7, 11) is 0. The zero-order valence-corrected chi connectivity index (χ0v) is 13.8. The van der Waals surface area contributed by atoms with Gasteiger partial charge in [0.1, 0.15) is 0 Å². The molecule has 1 aromatic heterocycles. The Morgan fingerprint density at radius 3 is 3.00 bits per heavy atom. The van der Waals surface area contributed by atoms with Crippen LogP contribution in [-0.4, -0.2) is 34.5 Å². The molecule has 0 spiro atoms. The van der Waals surface area contributed by atoms with E-state index in [-0.39, 0.29) is 18.1 Å². The maximum atomic E-state index is 12.9. The first kappa shape index (κ1) is 15.8. The normalized spacial score (nSPS) is 24.3. The summed E-state index contributed by atoms with van der Waals surface area (Å²) in [6.45, 7) is 1.21. The van der Waals surface area contributed by atoms with Gasteiger partial charge in [0.15, 0.2) is 0 Å². The van der Waals surface area contributed by atoms with Gasteiger partial charge in [0, 0.05) is 24.2 Å². The Kier molecular flexibility index (Phi) is 4.21. The van der Waals surface area contributed by atoms with Gasteiger partial charge in [-0.25, -0.2) is 0 Å². The lowest BCUT2D eigenvalue weighted by molar-refractivity contribution is 0.0144. The van der Waals surface area contributed by atoms with E-state index in [1.54, 1.807) is 30.5 Å². The number of fused-ring (bicyclic) bond motifs is 2. The first-order chi connectivity index (χ1) is 12.3. The fourth-order valence-corrected chi connectivity index (χ4v) is 3.98. The highest BCUT2D eigenvalue weighted by molar-refractivity contribution is 5.95. The van der Waals surface area contributed by atoms with Crippen molar-refractivity contribution in [2.75, 3.05) is 6.54 Å². The highest BCUT2D eigenvalue weighted by Gasteiger charge is 2.49. The molecule has 2 fully saturated rings. The number of hydrogen-bond donors (Lipinski definition) is 0. The van der Waals surface area contributed by atoms with E-state index in [1.165, 1.54) is 0 Å². The van der Waals surface area contributed by atoms with Crippen molar-refractivity contribution in [2.45, 2.75) is 31.6 Å². The first-order valence-corrected chi connectivity index (χ1v) is 8.59. The highest BCUT2D eigenvalue weighted by Crippen LogP contribution is 2.40. The average molecular weight is 333 g/mol. The van der Waals surface area contributed by atoms with Gasteiger partial charge in [-0.3, -0.25) is 9.78 Å². The Bertz CT molecular complexity index is 815. The summed E-state index contributed by atoms with van der Waals surface area (Å²) in [6.07, 6.45) is 3.91. The van der Waals surface area contributed by atoms with Gasteiger partial charge in [0.2, 0.25) is 0 Å². The maximum absolute atomic E-state index is 12.9. The molecule has 0 unspecified atom stereocenters. The van der Waals surface area contributed by atoms with Gasteiger partial charge in [0.05, 0.1) is 36.1 Å². The zero-order valence-electron chi connectivity index (χ0n) is 13.8. The molecule has 3 atom stereocenters. The largest absolute Gasteiger partial charge is 0.369 e. The Balaban J connectivity index is 1.46. The smallest absolute Gasteiger partial charge is 0.254 e. The SMILES string of the molecule is N#Cc1cccc(C(=O)N2C[C@H]3CC[C@H]2[C@H]3OCc2ccccn2)c1. The Labute approximate surface area is 146 Å². The average Bonchev–Trinajstić information content (AvgIpc) is 3.23. The van der Waals surface area contributed by atoms with Crippen molar-refractivity contribution in [1.82, 2.24) is 9.88 Å². The van der Waals surface area contributed by atoms with E-state index in [9.17, 15) is 4.79 Å². The summed E-state index contributed by atoms with van der Waals surface area (Å²) in [5.74, 6) is 0.382. The van der Waals surface area contributed by atoms with Crippen LogP contribution in [0, 0.1) is 17.2 Å². The van der Waals surface area contributed by atoms with E-state index in [1.807, 2.05) is 23.1 Å². The summed E-state index contributed by atoms with van der Waals surface area (Å²) in [5, 5.41) is 9.03. The number of benzene rings is 1. The van der Waals surface area contributed by atoms with E-state index in [0.717, 1.165) is 25.1 Å². The lowest BCUT2D eigenvalue weighted by atomic mass is 10.1. The number of nitrogens with zero attached hydrogens (tertiary/aromatic N) is 3. The number of piperidine rings is 1. The second-order valence-corrected chi connectivity index (χ2v) is 6.65. The molecule has 0 N–H and O–H groups in total. The van der Waals surface area contributed by atoms with Crippen LogP contribution < -0.4 is 0 Å². The lowest BCUT2D eigenvalue weighted by Gasteiger charge is -2.27. The third kappa shape index (κ3) is 3.01. The first-order valence-electron chi connectivity index (χ1n) is 8.59. The molecule has 0 radical (unpaired) electrons. The van der Waals surface area contributed by atoms with Crippen LogP contribution in [0.3, 0.4) is 0 Å². The van der Waals surface area contributed by atoms with Crippen molar-refractivity contribution in [1.29, 1.82) is 5.26 Å². The molecule has 25 heavy (non-hydrogen) atoms. The quantitative estimate of drug-likeness (QED) is 0.863. The van der Waals surface area contributed by atoms with Crippen LogP contribution in [0.4, 0.5) is 0 Å². The maximum Gasteiger partial charge on any atom is 0.254 e. The molecule has 5 nitrogen and oxygen atoms in total. The Morgan fingerprint density at radius 1 is 1.28 bits per heavy atom. The summed E-state index contributed by atoms with van der Waals surface area (Å²) >= 11 is 0. The second-order valence-electron chi connectivity index (χ2n) is 6.65. The molecule has 5 heteroatoms. The number of rotatable bonds is 4. The van der Waals surface area contributed by atoms with Crippen molar-refractivity contribution in [3.8, 4) is 6.07 Å². The molecule has 1 aliphatic carbocycles. The monoisotopic (exact) mass is 333 g/mol. The van der Waals surface area contributed by atoms with Gasteiger partial charge < -0.3 is 9.64 Å². The van der Waals surface area contributed by atoms with Crippen LogP contribution in [0.1, 0.15) is 34.5 Å². The van der Waals surface area contributed by atoms with Gasteiger partial charge in [-0.1, -0.05) is 12.1 Å². The molecule has 4 rings (SSSR count). The third-order valence-electron chi connectivity index (χ3n) is 5.16. The van der Waals surface area contributed by atoms with Gasteiger partial charge in [-0.15, -0.1) is 0 Å². The molecule has 1 amide bonds. The Hall–Kier alpha value is -2.71. The molecule has 1 saturated carbocycles. The second kappa shape index (κ2) is 6.66. The summed E-state index contributed by atoms with van der Waals surface area (Å²) in [6, 6.07) is 14.9. The Morgan fingerprint density at radius 2 is 2.20 bits per heavy atom. The standard InChI is InChI=1S/C20H19N3O2/c21-11-14-4-3-5-15(10-14)20(24)23-12-16-7-8-18(23)19(16)25-13-17-6-1-2-9-22-17/h1-6,9-10,16,18-19H,7-8,12-13H2/t16-,18+,19+/m1/s1. The molecule has 2 aliphatic rings. The molecular weight excluding hydrogens is 314 g/mol. The summed E-state index contributed by atoms with van der Waals surface area (Å²) in [5.41, 5.74) is 2.00. The van der Waals surface area contributed by atoms with Gasteiger partial charge in [0.25, 0.3) is 5.91 Å².